The van der Waals surface area contributed by atoms with Gasteiger partial charge in [0.1, 0.15) is 5.03 Å². The van der Waals surface area contributed by atoms with Crippen LogP contribution in [0.15, 0.2) is 52.5 Å². The van der Waals surface area contributed by atoms with Crippen LogP contribution in [0.3, 0.4) is 0 Å². The minimum Gasteiger partial charge on any atom is -0.478 e. The van der Waals surface area contributed by atoms with Crippen LogP contribution in [0.1, 0.15) is 34.1 Å². The van der Waals surface area contributed by atoms with E-state index in [0.29, 0.717) is 17.0 Å². The van der Waals surface area contributed by atoms with E-state index >= 15 is 0 Å². The summed E-state index contributed by atoms with van der Waals surface area (Å²) < 4.78 is 0. The van der Waals surface area contributed by atoms with Crippen LogP contribution < -0.4 is 0 Å². The van der Waals surface area contributed by atoms with E-state index in [4.69, 9.17) is 5.11 Å². The minimum atomic E-state index is -1.00. The van der Waals surface area contributed by atoms with Crippen LogP contribution in [-0.2, 0) is 0 Å². The van der Waals surface area contributed by atoms with E-state index in [1.165, 1.54) is 17.8 Å². The Morgan fingerprint density at radius 1 is 1.20 bits per heavy atom. The summed E-state index contributed by atoms with van der Waals surface area (Å²) in [6.07, 6.45) is 2.03. The second-order valence-electron chi connectivity index (χ2n) is 4.06. The molecule has 0 radical (unpaired) electrons. The normalized spacial score (nSPS) is 10.2. The van der Waals surface area contributed by atoms with Crippen LogP contribution >= 0.6 is 11.8 Å². The topological polar surface area (TPSA) is 67.3 Å². The van der Waals surface area contributed by atoms with Gasteiger partial charge in [0.05, 0.1) is 5.56 Å². The zero-order chi connectivity index (χ0) is 14.5. The van der Waals surface area contributed by atoms with Gasteiger partial charge in [-0.3, -0.25) is 4.79 Å². The van der Waals surface area contributed by atoms with Crippen molar-refractivity contribution >= 4 is 23.5 Å². The van der Waals surface area contributed by atoms with Gasteiger partial charge in [0, 0.05) is 23.1 Å². The highest BCUT2D eigenvalue weighted by Crippen LogP contribution is 2.28. The van der Waals surface area contributed by atoms with E-state index in [1.54, 1.807) is 36.5 Å². The predicted octanol–water partition coefficient (Wildman–Crippen LogP) is 3.52. The minimum absolute atomic E-state index is 0.0885. The molecule has 2 rings (SSSR count). The van der Waals surface area contributed by atoms with Crippen molar-refractivity contribution < 1.29 is 14.7 Å². The van der Waals surface area contributed by atoms with Gasteiger partial charge in [0.15, 0.2) is 5.78 Å². The molecule has 0 saturated heterocycles. The molecule has 1 N–H and O–H groups in total. The molecule has 0 aliphatic carbocycles. The number of hydrogen-bond donors (Lipinski definition) is 1. The Balaban J connectivity index is 2.23. The van der Waals surface area contributed by atoms with Crippen molar-refractivity contribution in [1.29, 1.82) is 0 Å². The van der Waals surface area contributed by atoms with E-state index in [9.17, 15) is 9.59 Å². The summed E-state index contributed by atoms with van der Waals surface area (Å²) in [7, 11) is 0. The summed E-state index contributed by atoms with van der Waals surface area (Å²) in [5.41, 5.74) is 0.836. The second kappa shape index (κ2) is 6.34. The molecule has 2 aromatic rings. The Morgan fingerprint density at radius 3 is 2.50 bits per heavy atom. The van der Waals surface area contributed by atoms with Crippen molar-refractivity contribution in [3.05, 3.63) is 53.7 Å². The van der Waals surface area contributed by atoms with Crippen molar-refractivity contribution in [2.45, 2.75) is 23.3 Å². The fourth-order valence-electron chi connectivity index (χ4n) is 1.66. The molecular weight excluding hydrogens is 274 g/mol. The lowest BCUT2D eigenvalue weighted by Crippen LogP contribution is -2.00. The lowest BCUT2D eigenvalue weighted by Gasteiger charge is -2.05. The molecule has 4 nitrogen and oxygen atoms in total. The first-order chi connectivity index (χ1) is 9.61. The number of carboxylic acid groups (broad SMARTS) is 1. The number of carboxylic acids is 1. The van der Waals surface area contributed by atoms with Crippen molar-refractivity contribution in [3.63, 3.8) is 0 Å². The van der Waals surface area contributed by atoms with Gasteiger partial charge in [-0.1, -0.05) is 30.8 Å². The van der Waals surface area contributed by atoms with Crippen LogP contribution in [0.25, 0.3) is 0 Å². The number of aromatic carboxylic acids is 1. The van der Waals surface area contributed by atoms with Gasteiger partial charge in [-0.25, -0.2) is 9.78 Å². The maximum Gasteiger partial charge on any atom is 0.338 e. The third kappa shape index (κ3) is 3.24. The largest absolute Gasteiger partial charge is 0.478 e. The van der Waals surface area contributed by atoms with Gasteiger partial charge < -0.3 is 5.11 Å². The molecule has 0 fully saturated rings. The number of pyridine rings is 1. The monoisotopic (exact) mass is 287 g/mol. The number of carbonyl (C=O) groups is 2. The molecule has 20 heavy (non-hydrogen) atoms. The second-order valence-corrected chi connectivity index (χ2v) is 5.13. The van der Waals surface area contributed by atoms with Gasteiger partial charge in [-0.2, -0.15) is 0 Å². The number of benzene rings is 1. The summed E-state index contributed by atoms with van der Waals surface area (Å²) in [6.45, 7) is 1.82. The summed E-state index contributed by atoms with van der Waals surface area (Å²) in [4.78, 5) is 27.6. The molecule has 1 heterocycles. The molecule has 0 spiro atoms. The van der Waals surface area contributed by atoms with Crippen molar-refractivity contribution in [1.82, 2.24) is 4.98 Å². The lowest BCUT2D eigenvalue weighted by molar-refractivity contribution is 0.0692. The van der Waals surface area contributed by atoms with Crippen LogP contribution in [0, 0.1) is 0 Å². The first-order valence-electron chi connectivity index (χ1n) is 6.11. The Labute approximate surface area is 120 Å². The zero-order valence-electron chi connectivity index (χ0n) is 10.9. The molecular formula is C15H13NO3S. The van der Waals surface area contributed by atoms with Gasteiger partial charge in [0.2, 0.25) is 0 Å². The molecule has 0 saturated carbocycles. The van der Waals surface area contributed by atoms with E-state index < -0.39 is 5.97 Å². The van der Waals surface area contributed by atoms with E-state index in [2.05, 4.69) is 4.98 Å². The fraction of sp³-hybridized carbons (Fsp3) is 0.133. The highest BCUT2D eigenvalue weighted by atomic mass is 32.2. The van der Waals surface area contributed by atoms with Crippen LogP contribution in [0.5, 0.6) is 0 Å². The van der Waals surface area contributed by atoms with Crippen LogP contribution in [0.4, 0.5) is 0 Å². The Hall–Kier alpha value is -2.14. The molecule has 0 atom stereocenters. The fourth-order valence-corrected chi connectivity index (χ4v) is 2.53. The van der Waals surface area contributed by atoms with E-state index in [-0.39, 0.29) is 11.3 Å². The maximum absolute atomic E-state index is 11.5. The Bertz CT molecular complexity index is 638. The van der Waals surface area contributed by atoms with E-state index in [0.717, 1.165) is 4.90 Å². The predicted molar refractivity (Wildman–Crippen MR) is 76.4 cm³/mol. The first kappa shape index (κ1) is 14.3. The van der Waals surface area contributed by atoms with Crippen LogP contribution in [0.2, 0.25) is 0 Å². The molecule has 0 aliphatic rings. The number of nitrogens with zero attached hydrogens (tertiary/aromatic N) is 1. The number of aromatic nitrogens is 1. The SMILES string of the molecule is CCC(=O)c1ccc(Sc2ncccc2C(=O)O)cc1. The Kier molecular flexibility index (Phi) is 4.53. The standard InChI is InChI=1S/C15H13NO3S/c1-2-13(17)10-5-7-11(8-6-10)20-14-12(15(18)19)4-3-9-16-14/h3-9H,2H2,1H3,(H,18,19). The third-order valence-corrected chi connectivity index (χ3v) is 3.74. The van der Waals surface area contributed by atoms with Gasteiger partial charge in [-0.15, -0.1) is 0 Å². The molecule has 0 unspecified atom stereocenters. The van der Waals surface area contributed by atoms with Gasteiger partial charge >= 0.3 is 5.97 Å². The molecule has 1 aromatic heterocycles. The number of carbonyl (C=O) groups excluding carboxylic acids is 1. The first-order valence-corrected chi connectivity index (χ1v) is 6.93. The third-order valence-electron chi connectivity index (χ3n) is 2.71. The summed E-state index contributed by atoms with van der Waals surface area (Å²) in [6, 6.07) is 10.2. The molecule has 0 bridgehead atoms. The smallest absolute Gasteiger partial charge is 0.338 e. The number of hydrogen-bond acceptors (Lipinski definition) is 4. The average molecular weight is 287 g/mol. The van der Waals surface area contributed by atoms with Crippen molar-refractivity contribution in [2.75, 3.05) is 0 Å². The van der Waals surface area contributed by atoms with Gasteiger partial charge in [0.25, 0.3) is 0 Å². The highest BCUT2D eigenvalue weighted by molar-refractivity contribution is 7.99. The molecule has 102 valence electrons. The molecule has 1 aromatic carbocycles. The van der Waals surface area contributed by atoms with Gasteiger partial charge in [-0.05, 0) is 24.3 Å². The number of Topliss-reactive ketones (excluding diaryl/α,β-unsaturated/α-hetero) is 1. The molecule has 0 aliphatic heterocycles. The van der Waals surface area contributed by atoms with Crippen LogP contribution in [-0.4, -0.2) is 21.8 Å². The van der Waals surface area contributed by atoms with Crippen molar-refractivity contribution in [2.24, 2.45) is 0 Å². The van der Waals surface area contributed by atoms with E-state index in [1.807, 2.05) is 6.92 Å². The zero-order valence-corrected chi connectivity index (χ0v) is 11.7. The lowest BCUT2D eigenvalue weighted by atomic mass is 10.1. The summed E-state index contributed by atoms with van der Waals surface area (Å²) in [5.74, 6) is -0.913. The molecule has 0 amide bonds. The maximum atomic E-state index is 11.5. The van der Waals surface area contributed by atoms with Crippen molar-refractivity contribution in [3.8, 4) is 0 Å². The highest BCUT2D eigenvalue weighted by Gasteiger charge is 2.12. The molecule has 5 heteroatoms. The number of ketones is 1. The Morgan fingerprint density at radius 2 is 1.90 bits per heavy atom. The number of rotatable bonds is 5. The quantitative estimate of drug-likeness (QED) is 0.852. The average Bonchev–Trinajstić information content (AvgIpc) is 2.47. The summed E-state index contributed by atoms with van der Waals surface area (Å²) in [5, 5.41) is 9.53. The summed E-state index contributed by atoms with van der Waals surface area (Å²) >= 11 is 1.27.